The number of hydrogen-bond donors (Lipinski definition) is 1. The van der Waals surface area contributed by atoms with Gasteiger partial charge in [-0.3, -0.25) is 0 Å². The largest absolute Gasteiger partial charge is 0.302 e. The Morgan fingerprint density at radius 1 is 1.55 bits per heavy atom. The van der Waals surface area contributed by atoms with Crippen molar-refractivity contribution < 1.29 is 8.76 Å². The average Bonchev–Trinajstić information content (AvgIpc) is 1.85. The molecule has 0 aliphatic rings. The number of rotatable bonds is 1. The van der Waals surface area contributed by atoms with E-state index in [1.807, 2.05) is 22.6 Å². The lowest BCUT2D eigenvalue weighted by Gasteiger charge is -1.98. The Morgan fingerprint density at radius 3 is 2.64 bits per heavy atom. The average molecular weight is 303 g/mol. The van der Waals surface area contributed by atoms with Crippen molar-refractivity contribution in [1.29, 1.82) is 0 Å². The zero-order valence-electron chi connectivity index (χ0n) is 5.25. The van der Waals surface area contributed by atoms with E-state index in [4.69, 9.17) is 16.2 Å². The summed E-state index contributed by atoms with van der Waals surface area (Å²) in [4.78, 5) is 0.398. The van der Waals surface area contributed by atoms with E-state index < -0.39 is 11.1 Å². The summed E-state index contributed by atoms with van der Waals surface area (Å²) in [5, 5.41) is 0.573. The van der Waals surface area contributed by atoms with E-state index in [1.54, 1.807) is 18.2 Å². The molecule has 0 saturated carbocycles. The van der Waals surface area contributed by atoms with Crippen LogP contribution in [0.3, 0.4) is 0 Å². The van der Waals surface area contributed by atoms with E-state index in [2.05, 4.69) is 0 Å². The van der Waals surface area contributed by atoms with E-state index in [1.165, 1.54) is 0 Å². The SMILES string of the molecule is O=S(O)c1ccc(Cl)cc1I. The highest BCUT2D eigenvalue weighted by Gasteiger charge is 2.04. The van der Waals surface area contributed by atoms with Gasteiger partial charge in [-0.1, -0.05) is 11.6 Å². The standard InChI is InChI=1S/C6H4ClIO2S/c7-4-1-2-6(11(9)10)5(8)3-4/h1-3H,(H,9,10). The third-order valence-corrected chi connectivity index (χ3v) is 3.31. The highest BCUT2D eigenvalue weighted by atomic mass is 127. The van der Waals surface area contributed by atoms with Gasteiger partial charge < -0.3 is 4.55 Å². The summed E-state index contributed by atoms with van der Waals surface area (Å²) in [5.74, 6) is 0. The molecule has 1 unspecified atom stereocenters. The second kappa shape index (κ2) is 3.84. The maximum atomic E-state index is 10.6. The molecule has 1 aromatic rings. The molecule has 1 aromatic carbocycles. The summed E-state index contributed by atoms with van der Waals surface area (Å²) in [6, 6.07) is 4.78. The van der Waals surface area contributed by atoms with Crippen LogP contribution in [0.2, 0.25) is 5.02 Å². The monoisotopic (exact) mass is 302 g/mol. The molecule has 2 nitrogen and oxygen atoms in total. The van der Waals surface area contributed by atoms with Crippen LogP contribution in [0.5, 0.6) is 0 Å². The van der Waals surface area contributed by atoms with E-state index in [0.29, 0.717) is 13.5 Å². The molecule has 0 aliphatic heterocycles. The van der Waals surface area contributed by atoms with Crippen LogP contribution >= 0.6 is 34.2 Å². The second-order valence-corrected chi connectivity index (χ2v) is 4.36. The molecule has 0 aliphatic carbocycles. The normalized spacial score (nSPS) is 13.0. The van der Waals surface area contributed by atoms with E-state index in [9.17, 15) is 4.21 Å². The lowest BCUT2D eigenvalue weighted by atomic mass is 10.4. The molecular formula is C6H4ClIO2S. The van der Waals surface area contributed by atoms with E-state index in [0.717, 1.165) is 0 Å². The molecule has 0 spiro atoms. The first-order valence-corrected chi connectivity index (χ1v) is 5.23. The van der Waals surface area contributed by atoms with Gasteiger partial charge in [-0.2, -0.15) is 0 Å². The van der Waals surface area contributed by atoms with Gasteiger partial charge >= 0.3 is 0 Å². The number of hydrogen-bond acceptors (Lipinski definition) is 1. The Balaban J connectivity index is 3.20. The van der Waals surface area contributed by atoms with Crippen LogP contribution in [-0.4, -0.2) is 8.76 Å². The van der Waals surface area contributed by atoms with Gasteiger partial charge in [0.1, 0.15) is 0 Å². The third kappa shape index (κ3) is 2.40. The van der Waals surface area contributed by atoms with Crippen molar-refractivity contribution in [2.75, 3.05) is 0 Å². The molecule has 0 radical (unpaired) electrons. The summed E-state index contributed by atoms with van der Waals surface area (Å²) in [6.07, 6.45) is 0. The summed E-state index contributed by atoms with van der Waals surface area (Å²) in [6.45, 7) is 0. The van der Waals surface area contributed by atoms with Crippen molar-refractivity contribution in [2.24, 2.45) is 0 Å². The molecule has 0 amide bonds. The van der Waals surface area contributed by atoms with Gasteiger partial charge in [0.2, 0.25) is 0 Å². The highest BCUT2D eigenvalue weighted by molar-refractivity contribution is 14.1. The Morgan fingerprint density at radius 2 is 2.18 bits per heavy atom. The topological polar surface area (TPSA) is 37.3 Å². The fourth-order valence-corrected chi connectivity index (χ4v) is 2.46. The highest BCUT2D eigenvalue weighted by Crippen LogP contribution is 2.19. The van der Waals surface area contributed by atoms with Crippen LogP contribution in [0.4, 0.5) is 0 Å². The first kappa shape index (κ1) is 9.44. The molecule has 0 heterocycles. The summed E-state index contributed by atoms with van der Waals surface area (Å²) >= 11 is 5.69. The van der Waals surface area contributed by atoms with Crippen LogP contribution in [0, 0.1) is 3.57 Å². The Hall–Kier alpha value is 0.350. The minimum Gasteiger partial charge on any atom is -0.302 e. The maximum Gasteiger partial charge on any atom is 0.187 e. The molecular weight excluding hydrogens is 298 g/mol. The van der Waals surface area contributed by atoms with E-state index >= 15 is 0 Å². The zero-order chi connectivity index (χ0) is 8.43. The zero-order valence-corrected chi connectivity index (χ0v) is 8.98. The van der Waals surface area contributed by atoms with Crippen molar-refractivity contribution in [1.82, 2.24) is 0 Å². The van der Waals surface area contributed by atoms with Crippen molar-refractivity contribution in [2.45, 2.75) is 4.90 Å². The van der Waals surface area contributed by atoms with Gasteiger partial charge in [0.05, 0.1) is 4.90 Å². The Kier molecular flexibility index (Phi) is 3.29. The van der Waals surface area contributed by atoms with Crippen LogP contribution in [0.15, 0.2) is 23.1 Å². The maximum absolute atomic E-state index is 10.6. The van der Waals surface area contributed by atoms with Gasteiger partial charge in [-0.15, -0.1) is 0 Å². The van der Waals surface area contributed by atoms with Crippen LogP contribution in [-0.2, 0) is 11.1 Å². The third-order valence-electron chi connectivity index (χ3n) is 1.08. The van der Waals surface area contributed by atoms with Crippen LogP contribution < -0.4 is 0 Å². The van der Waals surface area contributed by atoms with Gasteiger partial charge in [-0.05, 0) is 40.8 Å². The predicted molar refractivity (Wildman–Crippen MR) is 53.2 cm³/mol. The number of benzene rings is 1. The summed E-state index contributed by atoms with van der Waals surface area (Å²) in [7, 11) is 0. The van der Waals surface area contributed by atoms with Crippen LogP contribution in [0.25, 0.3) is 0 Å². The first-order valence-electron chi connectivity index (χ1n) is 2.67. The van der Waals surface area contributed by atoms with Gasteiger partial charge in [0, 0.05) is 8.59 Å². The van der Waals surface area contributed by atoms with Crippen molar-refractivity contribution in [3.05, 3.63) is 26.8 Å². The molecule has 0 aromatic heterocycles. The minimum atomic E-state index is -1.91. The first-order chi connectivity index (χ1) is 5.11. The molecule has 11 heavy (non-hydrogen) atoms. The molecule has 0 saturated heterocycles. The quantitative estimate of drug-likeness (QED) is 0.639. The minimum absolute atomic E-state index is 0.398. The molecule has 1 N–H and O–H groups in total. The lowest BCUT2D eigenvalue weighted by Crippen LogP contribution is -1.91. The van der Waals surface area contributed by atoms with Crippen molar-refractivity contribution >= 4 is 45.3 Å². The predicted octanol–water partition coefficient (Wildman–Crippen LogP) is 2.53. The molecule has 5 heteroatoms. The smallest absolute Gasteiger partial charge is 0.187 e. The summed E-state index contributed by atoms with van der Waals surface area (Å²) < 4.78 is 20.0. The molecule has 0 fully saturated rings. The molecule has 1 rings (SSSR count). The van der Waals surface area contributed by atoms with Gasteiger partial charge in [0.15, 0.2) is 11.1 Å². The molecule has 0 bridgehead atoms. The number of halogens is 2. The fourth-order valence-electron chi connectivity index (χ4n) is 0.617. The van der Waals surface area contributed by atoms with Crippen LogP contribution in [0.1, 0.15) is 0 Å². The van der Waals surface area contributed by atoms with Gasteiger partial charge in [-0.25, -0.2) is 4.21 Å². The van der Waals surface area contributed by atoms with E-state index in [-0.39, 0.29) is 0 Å². The fraction of sp³-hybridized carbons (Fsp3) is 0. The lowest BCUT2D eigenvalue weighted by molar-refractivity contribution is 0.564. The summed E-state index contributed by atoms with van der Waals surface area (Å²) in [5.41, 5.74) is 0. The van der Waals surface area contributed by atoms with Gasteiger partial charge in [0.25, 0.3) is 0 Å². The Labute approximate surface area is 85.4 Å². The van der Waals surface area contributed by atoms with Crippen molar-refractivity contribution in [3.8, 4) is 0 Å². The second-order valence-electron chi connectivity index (χ2n) is 1.82. The molecule has 1 atom stereocenters. The van der Waals surface area contributed by atoms with Crippen molar-refractivity contribution in [3.63, 3.8) is 0 Å². The molecule has 60 valence electrons. The Bertz CT molecular complexity index is 303.